The van der Waals surface area contributed by atoms with Crippen molar-refractivity contribution >= 4 is 23.5 Å². The molecule has 0 fully saturated rings. The van der Waals surface area contributed by atoms with Gasteiger partial charge >= 0.3 is 0 Å². The molecule has 8 heteroatoms. The Morgan fingerprint density at radius 1 is 0.857 bits per heavy atom. The Bertz CT molecular complexity index is 1130. The molecule has 2 heterocycles. The number of halogens is 1. The van der Waals surface area contributed by atoms with Crippen LogP contribution >= 0.6 is 11.8 Å². The first-order valence-electron chi connectivity index (χ1n) is 8.33. The van der Waals surface area contributed by atoms with Crippen molar-refractivity contribution in [3.63, 3.8) is 0 Å². The first-order chi connectivity index (χ1) is 13.6. The van der Waals surface area contributed by atoms with E-state index in [1.54, 1.807) is 18.3 Å². The summed E-state index contributed by atoms with van der Waals surface area (Å²) in [7, 11) is 0. The van der Waals surface area contributed by atoms with Crippen LogP contribution in [-0.4, -0.2) is 19.9 Å². The second-order valence-electron chi connectivity index (χ2n) is 5.87. The van der Waals surface area contributed by atoms with Crippen molar-refractivity contribution in [1.82, 2.24) is 19.9 Å². The standard InChI is InChI=1S/C20H15FN6S/c21-15-9-12(5-6-14(15)16-10-26-18(22)11-25-16)13-3-1-2-4-17(13)28-19-7-8-24-20(23)27-19/h1-11H,(H2,22,26)(H2,23,24,27). The fraction of sp³-hybridized carbons (Fsp3) is 0. The van der Waals surface area contributed by atoms with Gasteiger partial charge in [-0.15, -0.1) is 0 Å². The average molecular weight is 390 g/mol. The average Bonchev–Trinajstić information content (AvgIpc) is 2.69. The quantitative estimate of drug-likeness (QED) is 0.507. The lowest BCUT2D eigenvalue weighted by molar-refractivity contribution is 0.631. The number of nitrogens with two attached hydrogens (primary N) is 2. The molecule has 0 aliphatic rings. The number of hydrogen-bond acceptors (Lipinski definition) is 7. The third-order valence-corrected chi connectivity index (χ3v) is 4.99. The van der Waals surface area contributed by atoms with Crippen LogP contribution in [0.2, 0.25) is 0 Å². The van der Waals surface area contributed by atoms with Crippen molar-refractivity contribution in [3.8, 4) is 22.4 Å². The molecule has 0 spiro atoms. The molecule has 4 aromatic rings. The first-order valence-corrected chi connectivity index (χ1v) is 9.15. The van der Waals surface area contributed by atoms with E-state index in [1.807, 2.05) is 30.3 Å². The molecule has 0 atom stereocenters. The molecule has 0 unspecified atom stereocenters. The molecule has 0 radical (unpaired) electrons. The Hall–Kier alpha value is -3.52. The van der Waals surface area contributed by atoms with E-state index in [-0.39, 0.29) is 17.6 Å². The summed E-state index contributed by atoms with van der Waals surface area (Å²) in [5.74, 6) is 0.113. The molecule has 4 N–H and O–H groups in total. The normalized spacial score (nSPS) is 10.8. The van der Waals surface area contributed by atoms with E-state index in [2.05, 4.69) is 19.9 Å². The monoisotopic (exact) mass is 390 g/mol. The van der Waals surface area contributed by atoms with Crippen LogP contribution in [0.1, 0.15) is 0 Å². The van der Waals surface area contributed by atoms with Crippen LogP contribution < -0.4 is 11.5 Å². The lowest BCUT2D eigenvalue weighted by Gasteiger charge is -2.11. The third kappa shape index (κ3) is 3.77. The number of anilines is 2. The maximum atomic E-state index is 14.8. The summed E-state index contributed by atoms with van der Waals surface area (Å²) < 4.78 is 14.8. The van der Waals surface area contributed by atoms with Gasteiger partial charge in [0.05, 0.1) is 18.1 Å². The summed E-state index contributed by atoms with van der Waals surface area (Å²) in [4.78, 5) is 17.1. The van der Waals surface area contributed by atoms with E-state index in [0.717, 1.165) is 16.0 Å². The van der Waals surface area contributed by atoms with E-state index in [4.69, 9.17) is 11.5 Å². The zero-order valence-corrected chi connectivity index (χ0v) is 15.4. The zero-order chi connectivity index (χ0) is 19.5. The zero-order valence-electron chi connectivity index (χ0n) is 14.6. The molecule has 0 bridgehead atoms. The topological polar surface area (TPSA) is 104 Å². The van der Waals surface area contributed by atoms with Crippen molar-refractivity contribution in [2.45, 2.75) is 9.92 Å². The smallest absolute Gasteiger partial charge is 0.221 e. The summed E-state index contributed by atoms with van der Waals surface area (Å²) in [6.45, 7) is 0. The van der Waals surface area contributed by atoms with E-state index < -0.39 is 0 Å². The Morgan fingerprint density at radius 3 is 2.46 bits per heavy atom. The lowest BCUT2D eigenvalue weighted by atomic mass is 10.0. The summed E-state index contributed by atoms with van der Waals surface area (Å²) in [6, 6.07) is 14.5. The van der Waals surface area contributed by atoms with Crippen molar-refractivity contribution in [1.29, 1.82) is 0 Å². The minimum absolute atomic E-state index is 0.211. The number of hydrogen-bond donors (Lipinski definition) is 2. The molecule has 0 aliphatic heterocycles. The molecule has 6 nitrogen and oxygen atoms in total. The lowest BCUT2D eigenvalue weighted by Crippen LogP contribution is -1.95. The molecule has 0 aliphatic carbocycles. The summed E-state index contributed by atoms with van der Waals surface area (Å²) in [5.41, 5.74) is 13.6. The van der Waals surface area contributed by atoms with Crippen LogP contribution in [0.3, 0.4) is 0 Å². The highest BCUT2D eigenvalue weighted by atomic mass is 32.2. The Morgan fingerprint density at radius 2 is 1.71 bits per heavy atom. The van der Waals surface area contributed by atoms with Crippen molar-refractivity contribution in [2.24, 2.45) is 0 Å². The molecule has 2 aromatic heterocycles. The van der Waals surface area contributed by atoms with Crippen LogP contribution in [0.4, 0.5) is 16.2 Å². The van der Waals surface area contributed by atoms with E-state index >= 15 is 0 Å². The Balaban J connectivity index is 1.70. The van der Waals surface area contributed by atoms with Crippen LogP contribution in [-0.2, 0) is 0 Å². The Kier molecular flexibility index (Phi) is 4.86. The van der Waals surface area contributed by atoms with Gasteiger partial charge in [-0.1, -0.05) is 36.0 Å². The van der Waals surface area contributed by atoms with Crippen molar-refractivity contribution in [3.05, 3.63) is 72.9 Å². The minimum atomic E-state index is -0.386. The van der Waals surface area contributed by atoms with Gasteiger partial charge in [0.1, 0.15) is 16.7 Å². The summed E-state index contributed by atoms with van der Waals surface area (Å²) in [6.07, 6.45) is 4.47. The minimum Gasteiger partial charge on any atom is -0.382 e. The maximum absolute atomic E-state index is 14.8. The van der Waals surface area contributed by atoms with Gasteiger partial charge in [0.2, 0.25) is 5.95 Å². The fourth-order valence-electron chi connectivity index (χ4n) is 2.69. The van der Waals surface area contributed by atoms with Gasteiger partial charge in [0, 0.05) is 16.7 Å². The number of benzene rings is 2. The Labute approximate surface area is 164 Å². The van der Waals surface area contributed by atoms with Crippen LogP contribution in [0, 0.1) is 5.82 Å². The second-order valence-corrected chi connectivity index (χ2v) is 6.93. The number of nitrogen functional groups attached to an aromatic ring is 2. The summed E-state index contributed by atoms with van der Waals surface area (Å²) >= 11 is 1.44. The van der Waals surface area contributed by atoms with Gasteiger partial charge in [0.25, 0.3) is 0 Å². The molecule has 28 heavy (non-hydrogen) atoms. The van der Waals surface area contributed by atoms with Gasteiger partial charge < -0.3 is 11.5 Å². The second kappa shape index (κ2) is 7.61. The van der Waals surface area contributed by atoms with Crippen LogP contribution in [0.15, 0.2) is 77.0 Å². The molecular formula is C20H15FN6S. The number of rotatable bonds is 4. The first kappa shape index (κ1) is 17.9. The van der Waals surface area contributed by atoms with Gasteiger partial charge in [-0.2, -0.15) is 0 Å². The fourth-order valence-corrected chi connectivity index (χ4v) is 3.62. The predicted octanol–water partition coefficient (Wildman–Crippen LogP) is 4.06. The van der Waals surface area contributed by atoms with Gasteiger partial charge in [-0.05, 0) is 35.4 Å². The molecular weight excluding hydrogens is 375 g/mol. The summed E-state index contributed by atoms with van der Waals surface area (Å²) in [5, 5.41) is 0.717. The van der Waals surface area contributed by atoms with E-state index in [1.165, 1.54) is 30.2 Å². The van der Waals surface area contributed by atoms with Crippen LogP contribution in [0.25, 0.3) is 22.4 Å². The molecule has 0 amide bonds. The van der Waals surface area contributed by atoms with E-state index in [0.29, 0.717) is 16.3 Å². The molecule has 138 valence electrons. The highest BCUT2D eigenvalue weighted by Gasteiger charge is 2.12. The van der Waals surface area contributed by atoms with E-state index in [9.17, 15) is 4.39 Å². The number of nitrogens with zero attached hydrogens (tertiary/aromatic N) is 4. The highest BCUT2D eigenvalue weighted by molar-refractivity contribution is 7.99. The maximum Gasteiger partial charge on any atom is 0.221 e. The SMILES string of the molecule is Nc1cnc(-c2ccc(-c3ccccc3Sc3ccnc(N)n3)cc2F)cn1. The van der Waals surface area contributed by atoms with Crippen molar-refractivity contribution in [2.75, 3.05) is 11.5 Å². The highest BCUT2D eigenvalue weighted by Crippen LogP contribution is 2.36. The van der Waals surface area contributed by atoms with Crippen LogP contribution in [0.5, 0.6) is 0 Å². The predicted molar refractivity (Wildman–Crippen MR) is 108 cm³/mol. The molecule has 2 aromatic carbocycles. The van der Waals surface area contributed by atoms with Gasteiger partial charge in [-0.25, -0.2) is 19.3 Å². The van der Waals surface area contributed by atoms with Gasteiger partial charge in [-0.3, -0.25) is 4.98 Å². The van der Waals surface area contributed by atoms with Gasteiger partial charge in [0.15, 0.2) is 0 Å². The number of aromatic nitrogens is 4. The molecule has 4 rings (SSSR count). The molecule has 0 saturated heterocycles. The molecule has 0 saturated carbocycles. The third-order valence-electron chi connectivity index (χ3n) is 3.98. The van der Waals surface area contributed by atoms with Crippen molar-refractivity contribution < 1.29 is 4.39 Å². The largest absolute Gasteiger partial charge is 0.382 e.